The fraction of sp³-hybridized carbons (Fsp3) is 0.297. The molecule has 0 aliphatic carbocycles. The van der Waals surface area contributed by atoms with Crippen molar-refractivity contribution in [2.75, 3.05) is 13.2 Å². The molecule has 0 atom stereocenters. The molecule has 0 fully saturated rings. The summed E-state index contributed by atoms with van der Waals surface area (Å²) in [6, 6.07) is 27.3. The molecule has 0 unspecified atom stereocenters. The second-order valence-corrected chi connectivity index (χ2v) is 11.2. The summed E-state index contributed by atoms with van der Waals surface area (Å²) in [7, 11) is 0. The zero-order valence-corrected chi connectivity index (χ0v) is 25.4. The lowest BCUT2D eigenvalue weighted by molar-refractivity contribution is -0.158. The fourth-order valence-corrected chi connectivity index (χ4v) is 5.43. The minimum absolute atomic E-state index is 0.0267. The molecule has 222 valence electrons. The van der Waals surface area contributed by atoms with E-state index in [1.807, 2.05) is 79.0 Å². The Morgan fingerprint density at radius 1 is 0.814 bits per heavy atom. The number of carbonyl (C=O) groups excluding carboxylic acids is 2. The largest absolute Gasteiger partial charge is 0.493 e. The van der Waals surface area contributed by atoms with Crippen LogP contribution in [0.15, 0.2) is 91.1 Å². The predicted octanol–water partition coefficient (Wildman–Crippen LogP) is 8.17. The summed E-state index contributed by atoms with van der Waals surface area (Å²) >= 11 is 0. The summed E-state index contributed by atoms with van der Waals surface area (Å²) in [4.78, 5) is 25.4. The van der Waals surface area contributed by atoms with Crippen molar-refractivity contribution in [2.45, 2.75) is 59.1 Å². The third kappa shape index (κ3) is 6.59. The average Bonchev–Trinajstić information content (AvgIpc) is 3.44. The first-order valence-corrected chi connectivity index (χ1v) is 15.0. The van der Waals surface area contributed by atoms with Crippen LogP contribution in [0, 0.1) is 0 Å². The average molecular weight is 578 g/mol. The van der Waals surface area contributed by atoms with Crippen LogP contribution in [0.5, 0.6) is 11.5 Å². The van der Waals surface area contributed by atoms with Crippen LogP contribution in [0.3, 0.4) is 0 Å². The molecule has 1 aromatic heterocycles. The van der Waals surface area contributed by atoms with Crippen LogP contribution < -0.4 is 9.47 Å². The van der Waals surface area contributed by atoms with Gasteiger partial charge >= 0.3 is 5.97 Å². The number of nitrogens with zero attached hydrogens (tertiary/aromatic N) is 1. The number of hydrogen-bond donors (Lipinski definition) is 0. The van der Waals surface area contributed by atoms with Crippen molar-refractivity contribution in [3.05, 3.63) is 108 Å². The van der Waals surface area contributed by atoms with Crippen molar-refractivity contribution in [2.24, 2.45) is 0 Å². The molecule has 0 aliphatic rings. The van der Waals surface area contributed by atoms with Crippen molar-refractivity contribution >= 4 is 33.4 Å². The Kier molecular flexibility index (Phi) is 9.15. The second-order valence-electron chi connectivity index (χ2n) is 11.2. The van der Waals surface area contributed by atoms with E-state index in [0.29, 0.717) is 30.1 Å². The molecule has 0 radical (unpaired) electrons. The molecule has 5 aromatic rings. The van der Waals surface area contributed by atoms with Crippen LogP contribution in [-0.2, 0) is 22.5 Å². The third-order valence-corrected chi connectivity index (χ3v) is 7.59. The zero-order valence-electron chi connectivity index (χ0n) is 25.4. The number of aromatic nitrogens is 1. The van der Waals surface area contributed by atoms with Crippen molar-refractivity contribution in [3.8, 4) is 11.5 Å². The number of aryl methyl sites for hydroxylation is 2. The first kappa shape index (κ1) is 29.9. The van der Waals surface area contributed by atoms with E-state index in [-0.39, 0.29) is 11.8 Å². The highest BCUT2D eigenvalue weighted by Crippen LogP contribution is 2.32. The number of benzene rings is 4. The minimum atomic E-state index is -1.09. The van der Waals surface area contributed by atoms with Crippen molar-refractivity contribution in [3.63, 3.8) is 0 Å². The molecule has 5 rings (SSSR count). The van der Waals surface area contributed by atoms with Crippen molar-refractivity contribution < 1.29 is 23.8 Å². The van der Waals surface area contributed by atoms with Gasteiger partial charge in [-0.1, -0.05) is 67.9 Å². The summed E-state index contributed by atoms with van der Waals surface area (Å²) < 4.78 is 19.8. The minimum Gasteiger partial charge on any atom is -0.493 e. The van der Waals surface area contributed by atoms with E-state index in [0.717, 1.165) is 53.2 Å². The number of ether oxygens (including phenoxy) is 3. The number of hydrogen-bond acceptors (Lipinski definition) is 5. The molecule has 6 heteroatoms. The molecule has 0 saturated carbocycles. The van der Waals surface area contributed by atoms with Crippen LogP contribution >= 0.6 is 0 Å². The number of rotatable bonds is 13. The first-order chi connectivity index (χ1) is 20.8. The summed E-state index contributed by atoms with van der Waals surface area (Å²) in [6.45, 7) is 9.05. The van der Waals surface area contributed by atoms with Crippen LogP contribution in [0.1, 0.15) is 62.0 Å². The van der Waals surface area contributed by atoms with Crippen LogP contribution in [-0.4, -0.2) is 35.1 Å². The van der Waals surface area contributed by atoms with Crippen molar-refractivity contribution in [1.29, 1.82) is 0 Å². The molecule has 0 amide bonds. The molecule has 43 heavy (non-hydrogen) atoms. The predicted molar refractivity (Wildman–Crippen MR) is 171 cm³/mol. The normalized spacial score (nSPS) is 11.5. The maximum atomic E-state index is 13.0. The van der Waals surface area contributed by atoms with Gasteiger partial charge in [-0.25, -0.2) is 4.79 Å². The molecule has 4 aromatic carbocycles. The van der Waals surface area contributed by atoms with Gasteiger partial charge in [0.15, 0.2) is 11.4 Å². The van der Waals surface area contributed by atoms with E-state index >= 15 is 0 Å². The Labute approximate surface area is 253 Å². The van der Waals surface area contributed by atoms with E-state index in [1.54, 1.807) is 20.8 Å². The molecule has 0 spiro atoms. The zero-order chi connectivity index (χ0) is 30.4. The van der Waals surface area contributed by atoms with Gasteiger partial charge in [0.1, 0.15) is 11.5 Å². The molecule has 0 N–H and O–H groups in total. The maximum Gasteiger partial charge on any atom is 0.349 e. The fourth-order valence-electron chi connectivity index (χ4n) is 5.43. The summed E-state index contributed by atoms with van der Waals surface area (Å²) in [6.07, 6.45) is 4.75. The first-order valence-electron chi connectivity index (χ1n) is 15.0. The Balaban J connectivity index is 1.27. The maximum absolute atomic E-state index is 13.0. The lowest BCUT2D eigenvalue weighted by atomic mass is 9.95. The van der Waals surface area contributed by atoms with Gasteiger partial charge in [-0.05, 0) is 74.7 Å². The van der Waals surface area contributed by atoms with Crippen LogP contribution in [0.25, 0.3) is 21.7 Å². The molecule has 0 bridgehead atoms. The third-order valence-electron chi connectivity index (χ3n) is 7.59. The van der Waals surface area contributed by atoms with Gasteiger partial charge in [-0.3, -0.25) is 4.79 Å². The topological polar surface area (TPSA) is 66.8 Å². The second kappa shape index (κ2) is 13.2. The van der Waals surface area contributed by atoms with E-state index in [4.69, 9.17) is 14.2 Å². The highest BCUT2D eigenvalue weighted by Gasteiger charge is 2.32. The Morgan fingerprint density at radius 3 is 2.40 bits per heavy atom. The molecule has 0 saturated heterocycles. The Hall–Kier alpha value is -4.58. The number of esters is 1. The lowest BCUT2D eigenvalue weighted by Gasteiger charge is -2.24. The van der Waals surface area contributed by atoms with Crippen LogP contribution in [0.2, 0.25) is 0 Å². The standard InChI is InChI=1S/C37H39NO5/c1-5-12-30-29-19-17-28(35(39)26-13-8-7-9-14-26)25-27(29)18-20-33(30)42-24-11-22-38-23-21-31-32(38)15-10-16-34(31)43-37(3,4)36(40)41-6-2/h7-10,13-21,23,25H,5-6,11-12,22,24H2,1-4H3. The van der Waals surface area contributed by atoms with E-state index < -0.39 is 5.60 Å². The van der Waals surface area contributed by atoms with E-state index in [1.165, 1.54) is 5.56 Å². The number of fused-ring (bicyclic) bond motifs is 2. The van der Waals surface area contributed by atoms with Crippen molar-refractivity contribution in [1.82, 2.24) is 4.57 Å². The molecule has 0 aliphatic heterocycles. The van der Waals surface area contributed by atoms with E-state index in [2.05, 4.69) is 23.6 Å². The number of ketones is 1. The monoisotopic (exact) mass is 577 g/mol. The highest BCUT2D eigenvalue weighted by atomic mass is 16.6. The van der Waals surface area contributed by atoms with Gasteiger partial charge in [0.05, 0.1) is 18.7 Å². The Morgan fingerprint density at radius 2 is 1.63 bits per heavy atom. The molecule has 6 nitrogen and oxygen atoms in total. The van der Waals surface area contributed by atoms with E-state index in [9.17, 15) is 9.59 Å². The molecular formula is C37H39NO5. The lowest BCUT2D eigenvalue weighted by Crippen LogP contribution is -2.39. The van der Waals surface area contributed by atoms with Crippen LogP contribution in [0.4, 0.5) is 0 Å². The van der Waals surface area contributed by atoms with Gasteiger partial charge in [0, 0.05) is 34.8 Å². The summed E-state index contributed by atoms with van der Waals surface area (Å²) in [5.41, 5.74) is 2.50. The molecule has 1 heterocycles. The highest BCUT2D eigenvalue weighted by molar-refractivity contribution is 6.10. The smallest absolute Gasteiger partial charge is 0.349 e. The van der Waals surface area contributed by atoms with Gasteiger partial charge in [0.25, 0.3) is 0 Å². The summed E-state index contributed by atoms with van der Waals surface area (Å²) in [5, 5.41) is 3.12. The van der Waals surface area contributed by atoms with Gasteiger partial charge in [0.2, 0.25) is 0 Å². The SMILES string of the molecule is CCCc1c(OCCCn2ccc3c(OC(C)(C)C(=O)OCC)cccc32)ccc2cc(C(=O)c3ccccc3)ccc12. The quantitative estimate of drug-likeness (QED) is 0.0802. The van der Waals surface area contributed by atoms with Gasteiger partial charge in [-0.15, -0.1) is 0 Å². The summed E-state index contributed by atoms with van der Waals surface area (Å²) in [5.74, 6) is 1.19. The number of carbonyl (C=O) groups is 2. The Bertz CT molecular complexity index is 1730. The van der Waals surface area contributed by atoms with Gasteiger partial charge in [-0.2, -0.15) is 0 Å². The molecular weight excluding hydrogens is 538 g/mol. The van der Waals surface area contributed by atoms with Gasteiger partial charge < -0.3 is 18.8 Å².